The van der Waals surface area contributed by atoms with E-state index >= 15 is 0 Å². The van der Waals surface area contributed by atoms with Crippen LogP contribution in [0.25, 0.3) is 0 Å². The zero-order valence-corrected chi connectivity index (χ0v) is 9.70. The summed E-state index contributed by atoms with van der Waals surface area (Å²) in [6.45, 7) is 3.60. The maximum atomic E-state index is 11.3. The van der Waals surface area contributed by atoms with Gasteiger partial charge in [0, 0.05) is 6.42 Å². The Kier molecular flexibility index (Phi) is 3.85. The van der Waals surface area contributed by atoms with Crippen molar-refractivity contribution in [2.45, 2.75) is 12.1 Å². The van der Waals surface area contributed by atoms with E-state index in [4.69, 9.17) is 0 Å². The van der Waals surface area contributed by atoms with Crippen molar-refractivity contribution >= 4 is 5.97 Å². The molecule has 0 spiro atoms. The number of hydrogen-bond acceptors (Lipinski definition) is 3. The highest BCUT2D eigenvalue weighted by molar-refractivity contribution is 5.74. The molecule has 4 heteroatoms. The molecule has 1 unspecified atom stereocenters. The van der Waals surface area contributed by atoms with E-state index in [9.17, 15) is 9.90 Å². The third-order valence-corrected chi connectivity index (χ3v) is 2.61. The van der Waals surface area contributed by atoms with Crippen molar-refractivity contribution in [3.8, 4) is 0 Å². The van der Waals surface area contributed by atoms with Crippen LogP contribution in [0.15, 0.2) is 12.7 Å². The quantitative estimate of drug-likeness (QED) is 0.334. The Morgan fingerprint density at radius 3 is 2.00 bits per heavy atom. The van der Waals surface area contributed by atoms with Crippen LogP contribution in [0.1, 0.15) is 6.42 Å². The van der Waals surface area contributed by atoms with E-state index in [2.05, 4.69) is 6.58 Å². The molecule has 0 aliphatic heterocycles. The summed E-state index contributed by atoms with van der Waals surface area (Å²) in [7, 11) is 8.98. The predicted octanol–water partition coefficient (Wildman–Crippen LogP) is -0.723. The number of nitrogens with zero attached hydrogens (tertiary/aromatic N) is 2. The fourth-order valence-corrected chi connectivity index (χ4v) is 1.80. The molecule has 4 nitrogen and oxygen atoms in total. The smallest absolute Gasteiger partial charge is 0.198 e. The Morgan fingerprint density at radius 2 is 1.93 bits per heavy atom. The van der Waals surface area contributed by atoms with Crippen LogP contribution in [-0.2, 0) is 4.79 Å². The number of quaternary nitrogens is 1. The lowest BCUT2D eigenvalue weighted by Crippen LogP contribution is -2.72. The van der Waals surface area contributed by atoms with Crippen molar-refractivity contribution in [3.63, 3.8) is 0 Å². The third kappa shape index (κ3) is 1.96. The molecular weight excluding hydrogens is 180 g/mol. The molecule has 0 heterocycles. The number of aliphatic carboxylic acids is 1. The summed E-state index contributed by atoms with van der Waals surface area (Å²) in [4.78, 5) is 13.0. The Hall–Kier alpha value is -0.870. The van der Waals surface area contributed by atoms with Gasteiger partial charge in [0.25, 0.3) is 0 Å². The number of carbonyl (C=O) groups is 1. The fraction of sp³-hybridized carbons (Fsp3) is 0.700. The van der Waals surface area contributed by atoms with Crippen molar-refractivity contribution in [3.05, 3.63) is 12.7 Å². The molecule has 0 aromatic carbocycles. The molecule has 0 bridgehead atoms. The first-order valence-corrected chi connectivity index (χ1v) is 4.51. The average molecular weight is 200 g/mol. The first-order valence-electron chi connectivity index (χ1n) is 4.51. The summed E-state index contributed by atoms with van der Waals surface area (Å²) in [5, 5.41) is 11.3. The molecular formula is C10H20N2O2. The topological polar surface area (TPSA) is 43.4 Å². The highest BCUT2D eigenvalue weighted by Gasteiger charge is 2.46. The third-order valence-electron chi connectivity index (χ3n) is 2.61. The van der Waals surface area contributed by atoms with Crippen LogP contribution < -0.4 is 5.11 Å². The van der Waals surface area contributed by atoms with Crippen LogP contribution >= 0.6 is 0 Å². The highest BCUT2D eigenvalue weighted by Crippen LogP contribution is 2.25. The summed E-state index contributed by atoms with van der Waals surface area (Å²) < 4.78 is 0.272. The van der Waals surface area contributed by atoms with Gasteiger partial charge in [0.1, 0.15) is 5.97 Å². The van der Waals surface area contributed by atoms with Gasteiger partial charge >= 0.3 is 0 Å². The van der Waals surface area contributed by atoms with Crippen LogP contribution in [0, 0.1) is 0 Å². The molecule has 0 amide bonds. The molecule has 0 N–H and O–H groups in total. The number of rotatable bonds is 5. The van der Waals surface area contributed by atoms with Gasteiger partial charge in [0.15, 0.2) is 5.66 Å². The molecule has 82 valence electrons. The van der Waals surface area contributed by atoms with Crippen LogP contribution in [0.2, 0.25) is 0 Å². The molecule has 0 saturated heterocycles. The second-order valence-corrected chi connectivity index (χ2v) is 4.50. The van der Waals surface area contributed by atoms with E-state index in [1.807, 2.05) is 21.1 Å². The van der Waals surface area contributed by atoms with E-state index in [1.165, 1.54) is 0 Å². The molecule has 0 saturated carbocycles. The summed E-state index contributed by atoms with van der Waals surface area (Å²) in [5.41, 5.74) is -1.05. The van der Waals surface area contributed by atoms with Crippen molar-refractivity contribution in [1.29, 1.82) is 0 Å². The van der Waals surface area contributed by atoms with E-state index in [1.54, 1.807) is 25.1 Å². The molecule has 14 heavy (non-hydrogen) atoms. The van der Waals surface area contributed by atoms with Gasteiger partial charge in [-0.1, -0.05) is 6.08 Å². The summed E-state index contributed by atoms with van der Waals surface area (Å²) >= 11 is 0. The zero-order chi connectivity index (χ0) is 11.6. The number of carboxylic acids is 1. The molecule has 0 rings (SSSR count). The maximum Gasteiger partial charge on any atom is 0.198 e. The predicted molar refractivity (Wildman–Crippen MR) is 54.3 cm³/mol. The first kappa shape index (κ1) is 13.1. The molecule has 0 aromatic rings. The van der Waals surface area contributed by atoms with Crippen LogP contribution in [0.3, 0.4) is 0 Å². The van der Waals surface area contributed by atoms with Gasteiger partial charge in [-0.15, -0.1) is 6.58 Å². The van der Waals surface area contributed by atoms with Crippen molar-refractivity contribution < 1.29 is 14.4 Å². The van der Waals surface area contributed by atoms with Gasteiger partial charge in [-0.05, 0) is 14.1 Å². The Balaban J connectivity index is 5.38. The van der Waals surface area contributed by atoms with Crippen molar-refractivity contribution in [2.24, 2.45) is 0 Å². The van der Waals surface area contributed by atoms with Gasteiger partial charge < -0.3 is 14.4 Å². The van der Waals surface area contributed by atoms with Crippen LogP contribution in [0.5, 0.6) is 0 Å². The number of carboxylic acid groups (broad SMARTS) is 1. The van der Waals surface area contributed by atoms with Gasteiger partial charge in [0.2, 0.25) is 0 Å². The number of hydrogen-bond donors (Lipinski definition) is 0. The van der Waals surface area contributed by atoms with E-state index in [-0.39, 0.29) is 4.48 Å². The second kappa shape index (κ2) is 4.11. The largest absolute Gasteiger partial charge is 0.543 e. The summed E-state index contributed by atoms with van der Waals surface area (Å²) in [6.07, 6.45) is 1.96. The SMILES string of the molecule is C=CCC(C(=O)[O-])(N(C)C)[N+](C)(C)C. The zero-order valence-electron chi connectivity index (χ0n) is 9.70. The summed E-state index contributed by atoms with van der Waals surface area (Å²) in [5.74, 6) is -1.07. The normalized spacial score (nSPS) is 16.4. The molecule has 0 aliphatic carbocycles. The molecule has 0 aromatic heterocycles. The Bertz CT molecular complexity index is 231. The van der Waals surface area contributed by atoms with E-state index in [0.29, 0.717) is 6.42 Å². The maximum absolute atomic E-state index is 11.3. The monoisotopic (exact) mass is 200 g/mol. The Labute approximate surface area is 86.0 Å². The van der Waals surface area contributed by atoms with Gasteiger partial charge in [-0.2, -0.15) is 0 Å². The van der Waals surface area contributed by atoms with Crippen LogP contribution in [0.4, 0.5) is 0 Å². The van der Waals surface area contributed by atoms with Crippen molar-refractivity contribution in [2.75, 3.05) is 35.2 Å². The van der Waals surface area contributed by atoms with Gasteiger partial charge in [-0.25, -0.2) is 0 Å². The lowest BCUT2D eigenvalue weighted by Gasteiger charge is -2.50. The van der Waals surface area contributed by atoms with Crippen LogP contribution in [-0.4, -0.2) is 56.3 Å². The molecule has 1 atom stereocenters. The fourth-order valence-electron chi connectivity index (χ4n) is 1.80. The average Bonchev–Trinajstić information content (AvgIpc) is 1.95. The lowest BCUT2D eigenvalue weighted by atomic mass is 10.0. The molecule has 0 aliphatic rings. The number of carbonyl (C=O) groups excluding carboxylic acids is 1. The summed E-state index contributed by atoms with van der Waals surface area (Å²) in [6, 6.07) is 0. The van der Waals surface area contributed by atoms with E-state index < -0.39 is 11.6 Å². The Morgan fingerprint density at radius 1 is 1.50 bits per heavy atom. The lowest BCUT2D eigenvalue weighted by molar-refractivity contribution is -0.928. The van der Waals surface area contributed by atoms with Gasteiger partial charge in [-0.3, -0.25) is 4.90 Å². The molecule has 0 radical (unpaired) electrons. The van der Waals surface area contributed by atoms with Crippen molar-refractivity contribution in [1.82, 2.24) is 4.90 Å². The number of likely N-dealkylation sites (N-methyl/N-ethyl adjacent to an activating group) is 2. The first-order chi connectivity index (χ1) is 6.20. The van der Waals surface area contributed by atoms with E-state index in [0.717, 1.165) is 0 Å². The molecule has 0 fully saturated rings. The van der Waals surface area contributed by atoms with Gasteiger partial charge in [0.05, 0.1) is 21.1 Å². The minimum atomic E-state index is -1.07. The standard InChI is InChI=1S/C10H20N2O2/c1-7-8-10(9(13)14,11(2)3)12(4,5)6/h7H,1,8H2,2-6H3. The minimum absolute atomic E-state index is 0.272. The minimum Gasteiger partial charge on any atom is -0.543 e. The second-order valence-electron chi connectivity index (χ2n) is 4.50. The highest BCUT2D eigenvalue weighted by atomic mass is 16.4.